The van der Waals surface area contributed by atoms with E-state index in [-0.39, 0.29) is 0 Å². The Bertz CT molecular complexity index is 527. The molecule has 0 aliphatic heterocycles. The van der Waals surface area contributed by atoms with Crippen molar-refractivity contribution in [3.8, 4) is 11.5 Å². The van der Waals surface area contributed by atoms with E-state index in [0.717, 1.165) is 54.7 Å². The highest BCUT2D eigenvalue weighted by Crippen LogP contribution is 2.48. The van der Waals surface area contributed by atoms with Gasteiger partial charge in [-0.05, 0) is 31.4 Å². The van der Waals surface area contributed by atoms with Gasteiger partial charge in [0.05, 0.1) is 14.2 Å². The second kappa shape index (κ2) is 6.10. The van der Waals surface area contributed by atoms with Crippen LogP contribution in [0.25, 0.3) is 0 Å². The summed E-state index contributed by atoms with van der Waals surface area (Å²) in [4.78, 5) is 15.0. The number of ether oxygens (including phenoxy) is 2. The van der Waals surface area contributed by atoms with Gasteiger partial charge in [-0.3, -0.25) is 0 Å². The van der Waals surface area contributed by atoms with Gasteiger partial charge in [0.15, 0.2) is 0 Å². The molecule has 0 amide bonds. The average Bonchev–Trinajstić information content (AvgIpc) is 2.95. The Morgan fingerprint density at radius 2 is 1.95 bits per heavy atom. The van der Waals surface area contributed by atoms with Gasteiger partial charge in [-0.1, -0.05) is 19.8 Å². The third kappa shape index (κ3) is 2.32. The molecule has 1 aliphatic rings. The molecule has 20 heavy (non-hydrogen) atoms. The Kier molecular flexibility index (Phi) is 4.46. The van der Waals surface area contributed by atoms with Gasteiger partial charge < -0.3 is 9.47 Å². The van der Waals surface area contributed by atoms with Crippen LogP contribution >= 0.6 is 0 Å². The fraction of sp³-hybridized carbons (Fsp3) is 0.562. The van der Waals surface area contributed by atoms with E-state index < -0.39 is 5.54 Å². The summed E-state index contributed by atoms with van der Waals surface area (Å²) in [6.45, 7) is 2.06. The maximum atomic E-state index is 10.9. The molecule has 1 aliphatic carbocycles. The number of methoxy groups -OCH3 is 2. The summed E-state index contributed by atoms with van der Waals surface area (Å²) in [5.41, 5.74) is 1.54. The number of rotatable bonds is 5. The fourth-order valence-corrected chi connectivity index (χ4v) is 3.22. The lowest BCUT2D eigenvalue weighted by Crippen LogP contribution is -2.20. The van der Waals surface area contributed by atoms with Crippen molar-refractivity contribution in [2.75, 3.05) is 14.2 Å². The van der Waals surface area contributed by atoms with Crippen LogP contribution in [0.4, 0.5) is 0 Å². The molecule has 1 aromatic rings. The molecule has 0 spiro atoms. The molecular formula is C16H21NO3. The Hall–Kier alpha value is -1.80. The van der Waals surface area contributed by atoms with Crippen LogP contribution in [0.15, 0.2) is 17.1 Å². The van der Waals surface area contributed by atoms with Crippen molar-refractivity contribution in [2.45, 2.75) is 44.6 Å². The molecule has 1 saturated carbocycles. The van der Waals surface area contributed by atoms with E-state index >= 15 is 0 Å². The molecule has 0 N–H and O–H groups in total. The van der Waals surface area contributed by atoms with Gasteiger partial charge >= 0.3 is 0 Å². The molecule has 108 valence electrons. The van der Waals surface area contributed by atoms with Crippen LogP contribution in [0, 0.1) is 0 Å². The minimum Gasteiger partial charge on any atom is -0.496 e. The lowest BCUT2D eigenvalue weighted by Gasteiger charge is -2.27. The van der Waals surface area contributed by atoms with Gasteiger partial charge in [0, 0.05) is 11.1 Å². The number of hydrogen-bond acceptors (Lipinski definition) is 4. The van der Waals surface area contributed by atoms with E-state index in [2.05, 4.69) is 11.9 Å². The Labute approximate surface area is 119 Å². The van der Waals surface area contributed by atoms with Crippen molar-refractivity contribution in [3.05, 3.63) is 23.3 Å². The lowest BCUT2D eigenvalue weighted by atomic mass is 9.86. The minimum absolute atomic E-state index is 0.469. The van der Waals surface area contributed by atoms with Crippen molar-refractivity contribution >= 4 is 6.08 Å². The number of nitrogens with zero attached hydrogens (tertiary/aromatic N) is 1. The van der Waals surface area contributed by atoms with Crippen LogP contribution < -0.4 is 9.47 Å². The van der Waals surface area contributed by atoms with E-state index in [1.54, 1.807) is 20.3 Å². The summed E-state index contributed by atoms with van der Waals surface area (Å²) < 4.78 is 11.0. The predicted molar refractivity (Wildman–Crippen MR) is 77.2 cm³/mol. The maximum absolute atomic E-state index is 10.9. The maximum Gasteiger partial charge on any atom is 0.235 e. The first kappa shape index (κ1) is 14.6. The van der Waals surface area contributed by atoms with Crippen LogP contribution in [0.1, 0.15) is 43.7 Å². The van der Waals surface area contributed by atoms with Crippen molar-refractivity contribution < 1.29 is 14.3 Å². The van der Waals surface area contributed by atoms with E-state index in [1.165, 1.54) is 0 Å². The standard InChI is InChI=1S/C16H21NO3/c1-4-12-14(19-2)8-7-13(15(12)20-3)16(17-11-18)9-5-6-10-16/h7-8H,4-6,9-10H2,1-3H3. The SMILES string of the molecule is CCc1c(OC)ccc(C2(N=C=O)CCCC2)c1OC. The van der Waals surface area contributed by atoms with Crippen LogP contribution in [-0.4, -0.2) is 20.3 Å². The Morgan fingerprint density at radius 3 is 2.45 bits per heavy atom. The summed E-state index contributed by atoms with van der Waals surface area (Å²) in [6.07, 6.45) is 6.44. The van der Waals surface area contributed by atoms with Gasteiger partial charge in [-0.15, -0.1) is 0 Å². The molecule has 0 unspecified atom stereocenters. The van der Waals surface area contributed by atoms with Crippen molar-refractivity contribution in [1.82, 2.24) is 0 Å². The zero-order valence-electron chi connectivity index (χ0n) is 12.4. The summed E-state index contributed by atoms with van der Waals surface area (Å²) in [5, 5.41) is 0. The molecule has 0 atom stereocenters. The summed E-state index contributed by atoms with van der Waals surface area (Å²) in [6, 6.07) is 3.92. The van der Waals surface area contributed by atoms with Gasteiger partial charge in [0.2, 0.25) is 6.08 Å². The normalized spacial score (nSPS) is 16.6. The third-order valence-corrected chi connectivity index (χ3v) is 4.19. The van der Waals surface area contributed by atoms with Crippen molar-refractivity contribution in [2.24, 2.45) is 4.99 Å². The number of hydrogen-bond donors (Lipinski definition) is 0. The van der Waals surface area contributed by atoms with Crippen LogP contribution in [0.5, 0.6) is 11.5 Å². The Morgan fingerprint density at radius 1 is 1.25 bits per heavy atom. The molecule has 1 aromatic carbocycles. The molecule has 1 fully saturated rings. The van der Waals surface area contributed by atoms with Crippen LogP contribution in [-0.2, 0) is 16.8 Å². The smallest absolute Gasteiger partial charge is 0.235 e. The Balaban J connectivity index is 2.64. The lowest BCUT2D eigenvalue weighted by molar-refractivity contribution is 0.363. The van der Waals surface area contributed by atoms with Crippen LogP contribution in [0.2, 0.25) is 0 Å². The monoisotopic (exact) mass is 275 g/mol. The first-order chi connectivity index (χ1) is 9.72. The second-order valence-corrected chi connectivity index (χ2v) is 5.12. The zero-order chi connectivity index (χ0) is 14.6. The first-order valence-corrected chi connectivity index (χ1v) is 7.05. The van der Waals surface area contributed by atoms with E-state index in [0.29, 0.717) is 0 Å². The predicted octanol–water partition coefficient (Wildman–Crippen LogP) is 3.37. The van der Waals surface area contributed by atoms with Crippen LogP contribution in [0.3, 0.4) is 0 Å². The quantitative estimate of drug-likeness (QED) is 0.611. The zero-order valence-corrected chi connectivity index (χ0v) is 12.4. The topological polar surface area (TPSA) is 47.9 Å². The molecule has 0 heterocycles. The second-order valence-electron chi connectivity index (χ2n) is 5.12. The highest BCUT2D eigenvalue weighted by molar-refractivity contribution is 5.54. The van der Waals surface area contributed by atoms with Gasteiger partial charge in [-0.2, -0.15) is 4.99 Å². The fourth-order valence-electron chi connectivity index (χ4n) is 3.22. The third-order valence-electron chi connectivity index (χ3n) is 4.19. The molecule has 0 radical (unpaired) electrons. The summed E-state index contributed by atoms with van der Waals surface area (Å²) >= 11 is 0. The molecule has 2 rings (SSSR count). The molecule has 0 aromatic heterocycles. The highest BCUT2D eigenvalue weighted by atomic mass is 16.5. The molecule has 0 bridgehead atoms. The van der Waals surface area contributed by atoms with Crippen molar-refractivity contribution in [3.63, 3.8) is 0 Å². The summed E-state index contributed by atoms with van der Waals surface area (Å²) in [7, 11) is 3.31. The number of benzene rings is 1. The molecule has 0 saturated heterocycles. The van der Waals surface area contributed by atoms with Gasteiger partial charge in [0.25, 0.3) is 0 Å². The number of aliphatic imine (C=N–C) groups is 1. The molecular weight excluding hydrogens is 254 g/mol. The first-order valence-electron chi connectivity index (χ1n) is 7.05. The largest absolute Gasteiger partial charge is 0.496 e. The average molecular weight is 275 g/mol. The minimum atomic E-state index is -0.469. The van der Waals surface area contributed by atoms with E-state index in [1.807, 2.05) is 12.1 Å². The highest BCUT2D eigenvalue weighted by Gasteiger charge is 2.39. The summed E-state index contributed by atoms with van der Waals surface area (Å²) in [5.74, 6) is 1.61. The van der Waals surface area contributed by atoms with E-state index in [9.17, 15) is 4.79 Å². The van der Waals surface area contributed by atoms with Gasteiger partial charge in [-0.25, -0.2) is 4.79 Å². The molecule has 4 nitrogen and oxygen atoms in total. The number of carbonyl (C=O) groups excluding carboxylic acids is 1. The van der Waals surface area contributed by atoms with Crippen molar-refractivity contribution in [1.29, 1.82) is 0 Å². The van der Waals surface area contributed by atoms with E-state index in [4.69, 9.17) is 9.47 Å². The number of isocyanates is 1. The molecule has 4 heteroatoms. The van der Waals surface area contributed by atoms with Gasteiger partial charge in [0.1, 0.15) is 17.0 Å².